The normalized spacial score (nSPS) is 12.3. The number of rotatable bonds is 0. The van der Waals surface area contributed by atoms with Gasteiger partial charge in [0.1, 0.15) is 5.03 Å². The molecular formula is C33H26N2S. The molecule has 6 aromatic rings. The molecule has 0 radical (unpaired) electrons. The van der Waals surface area contributed by atoms with Gasteiger partial charge in [0.25, 0.3) is 0 Å². The topological polar surface area (TPSA) is 28.7 Å². The van der Waals surface area contributed by atoms with Crippen LogP contribution in [0.15, 0.2) is 88.8 Å². The maximum Gasteiger partial charge on any atom is 0.102 e. The molecule has 0 atom stereocenters. The van der Waals surface area contributed by atoms with E-state index in [1.807, 2.05) is 0 Å². The van der Waals surface area contributed by atoms with Gasteiger partial charge < -0.3 is 4.98 Å². The fourth-order valence-corrected chi connectivity index (χ4v) is 6.74. The highest BCUT2D eigenvalue weighted by molar-refractivity contribution is 7.99. The van der Waals surface area contributed by atoms with Crippen molar-refractivity contribution in [1.82, 2.24) is 9.97 Å². The average molecular weight is 483 g/mol. The van der Waals surface area contributed by atoms with Crippen molar-refractivity contribution >= 4 is 33.6 Å². The van der Waals surface area contributed by atoms with Crippen LogP contribution in [-0.2, 0) is 0 Å². The molecule has 0 spiro atoms. The Labute approximate surface area is 215 Å². The number of nitrogens with one attached hydrogen (secondary N) is 1. The van der Waals surface area contributed by atoms with Crippen molar-refractivity contribution in [3.05, 3.63) is 101 Å². The van der Waals surface area contributed by atoms with Gasteiger partial charge in [0, 0.05) is 26.8 Å². The number of benzene rings is 4. The van der Waals surface area contributed by atoms with Gasteiger partial charge in [0.2, 0.25) is 0 Å². The lowest BCUT2D eigenvalue weighted by Crippen LogP contribution is -1.96. The summed E-state index contributed by atoms with van der Waals surface area (Å²) in [4.78, 5) is 10.1. The maximum absolute atomic E-state index is 5.12. The first-order chi connectivity index (χ1) is 17.5. The Kier molecular flexibility index (Phi) is 4.67. The fraction of sp³-hybridized carbons (Fsp3) is 0.121. The van der Waals surface area contributed by atoms with Crippen LogP contribution < -0.4 is 0 Å². The Bertz CT molecular complexity index is 1860. The molecule has 1 N–H and O–H groups in total. The van der Waals surface area contributed by atoms with Crippen LogP contribution in [0.25, 0.3) is 55.3 Å². The van der Waals surface area contributed by atoms with E-state index in [9.17, 15) is 0 Å². The number of fused-ring (bicyclic) bond motifs is 10. The van der Waals surface area contributed by atoms with Crippen molar-refractivity contribution < 1.29 is 0 Å². The second-order valence-electron chi connectivity index (χ2n) is 9.96. The Balaban J connectivity index is 1.66. The minimum absolute atomic E-state index is 1.00. The highest BCUT2D eigenvalue weighted by atomic mass is 32.2. The first kappa shape index (κ1) is 21.5. The van der Waals surface area contributed by atoms with E-state index in [2.05, 4.69) is 112 Å². The van der Waals surface area contributed by atoms with Gasteiger partial charge in [-0.1, -0.05) is 60.3 Å². The largest absolute Gasteiger partial charge is 0.353 e. The molecule has 7 rings (SSSR count). The zero-order valence-corrected chi connectivity index (χ0v) is 21.7. The quantitative estimate of drug-likeness (QED) is 0.233. The molecule has 8 bridgehead atoms. The van der Waals surface area contributed by atoms with Crippen molar-refractivity contribution in [2.75, 3.05) is 0 Å². The monoisotopic (exact) mass is 482 g/mol. The minimum atomic E-state index is 1.00. The molecule has 3 heteroatoms. The van der Waals surface area contributed by atoms with Gasteiger partial charge in [0.15, 0.2) is 0 Å². The molecule has 1 aliphatic rings. The van der Waals surface area contributed by atoms with Gasteiger partial charge in [-0.15, -0.1) is 0 Å². The van der Waals surface area contributed by atoms with E-state index in [1.165, 1.54) is 76.8 Å². The predicted octanol–water partition coefficient (Wildman–Crippen LogP) is 9.42. The molecule has 2 nitrogen and oxygen atoms in total. The molecule has 174 valence electrons. The standard InChI is InChI=1S/C33H26N2S/c1-18-14-19(2)26-16-25(18)24-9-5-8-22-23-10-6-12-30(33(23)35-32(22)24)36-31-13-7-11-29(34-31)28-17-27(26)20(3)15-21(28)4/h5-17,35H,1-4H3. The molecular weight excluding hydrogens is 456 g/mol. The second-order valence-corrected chi connectivity index (χ2v) is 11.0. The van der Waals surface area contributed by atoms with Gasteiger partial charge in [-0.2, -0.15) is 0 Å². The van der Waals surface area contributed by atoms with Crippen LogP contribution in [-0.4, -0.2) is 9.97 Å². The van der Waals surface area contributed by atoms with Crippen LogP contribution in [0.2, 0.25) is 0 Å². The van der Waals surface area contributed by atoms with Crippen LogP contribution in [0.1, 0.15) is 22.3 Å². The molecule has 0 saturated heterocycles. The van der Waals surface area contributed by atoms with Crippen molar-refractivity contribution in [3.63, 3.8) is 0 Å². The summed E-state index contributed by atoms with van der Waals surface area (Å²) in [5.74, 6) is 0. The summed E-state index contributed by atoms with van der Waals surface area (Å²) in [5.41, 5.74) is 14.8. The van der Waals surface area contributed by atoms with E-state index in [0.717, 1.165) is 10.7 Å². The van der Waals surface area contributed by atoms with Gasteiger partial charge in [-0.05, 0) is 97.0 Å². The van der Waals surface area contributed by atoms with Gasteiger partial charge in [-0.3, -0.25) is 0 Å². The number of aromatic amines is 1. The van der Waals surface area contributed by atoms with Gasteiger partial charge in [-0.25, -0.2) is 4.98 Å². The number of pyridine rings is 1. The van der Waals surface area contributed by atoms with Crippen LogP contribution >= 0.6 is 11.8 Å². The summed E-state index contributed by atoms with van der Waals surface area (Å²) in [5, 5.41) is 3.51. The Morgan fingerprint density at radius 1 is 0.556 bits per heavy atom. The van der Waals surface area contributed by atoms with Crippen molar-refractivity contribution in [2.24, 2.45) is 0 Å². The number of nitrogens with zero attached hydrogens (tertiary/aromatic N) is 1. The fourth-order valence-electron chi connectivity index (χ4n) is 5.82. The van der Waals surface area contributed by atoms with Crippen molar-refractivity contribution in [3.8, 4) is 33.5 Å². The molecule has 2 aromatic heterocycles. The van der Waals surface area contributed by atoms with Crippen LogP contribution in [0, 0.1) is 27.7 Å². The third-order valence-electron chi connectivity index (χ3n) is 7.57. The lowest BCUT2D eigenvalue weighted by molar-refractivity contribution is 1.13. The van der Waals surface area contributed by atoms with E-state index in [4.69, 9.17) is 4.98 Å². The first-order valence-electron chi connectivity index (χ1n) is 12.4. The lowest BCUT2D eigenvalue weighted by atomic mass is 9.87. The van der Waals surface area contributed by atoms with Crippen LogP contribution in [0.3, 0.4) is 0 Å². The third-order valence-corrected chi connectivity index (χ3v) is 8.56. The SMILES string of the molecule is Cc1cc(C)c2cc1-c1cccc(n1)Sc1cccc3c1[nH]c1c(cccc13)-c1cc-2c(C)cc1C. The Hall–Kier alpha value is -3.82. The van der Waals surface area contributed by atoms with Crippen molar-refractivity contribution in [1.29, 1.82) is 0 Å². The molecule has 0 unspecified atom stereocenters. The second kappa shape index (κ2) is 7.84. The van der Waals surface area contributed by atoms with Crippen LogP contribution in [0.5, 0.6) is 0 Å². The zero-order chi connectivity index (χ0) is 24.6. The zero-order valence-electron chi connectivity index (χ0n) is 20.9. The molecule has 3 heterocycles. The number of para-hydroxylation sites is 2. The van der Waals surface area contributed by atoms with Crippen molar-refractivity contribution in [2.45, 2.75) is 37.6 Å². The average Bonchev–Trinajstić information content (AvgIpc) is 3.25. The van der Waals surface area contributed by atoms with E-state index in [1.54, 1.807) is 11.8 Å². The summed E-state index contributed by atoms with van der Waals surface area (Å²) in [6.45, 7) is 8.87. The number of hydrogen-bond acceptors (Lipinski definition) is 2. The highest BCUT2D eigenvalue weighted by Crippen LogP contribution is 2.42. The minimum Gasteiger partial charge on any atom is -0.353 e. The van der Waals surface area contributed by atoms with E-state index in [-0.39, 0.29) is 0 Å². The molecule has 1 aliphatic heterocycles. The number of aromatic nitrogens is 2. The molecule has 4 aromatic carbocycles. The predicted molar refractivity (Wildman–Crippen MR) is 153 cm³/mol. The number of aryl methyl sites for hydroxylation is 4. The summed E-state index contributed by atoms with van der Waals surface area (Å²) in [6, 6.07) is 29.0. The molecule has 0 amide bonds. The molecule has 0 fully saturated rings. The first-order valence-corrected chi connectivity index (χ1v) is 13.2. The highest BCUT2D eigenvalue weighted by Gasteiger charge is 2.18. The Morgan fingerprint density at radius 2 is 1.14 bits per heavy atom. The maximum atomic E-state index is 5.12. The van der Waals surface area contributed by atoms with E-state index in [0.29, 0.717) is 0 Å². The molecule has 0 aliphatic carbocycles. The van der Waals surface area contributed by atoms with Gasteiger partial charge >= 0.3 is 0 Å². The molecule has 36 heavy (non-hydrogen) atoms. The third kappa shape index (κ3) is 3.16. The number of hydrogen-bond donors (Lipinski definition) is 1. The Morgan fingerprint density at radius 3 is 1.89 bits per heavy atom. The smallest absolute Gasteiger partial charge is 0.102 e. The van der Waals surface area contributed by atoms with Gasteiger partial charge in [0.05, 0.1) is 16.7 Å². The lowest BCUT2D eigenvalue weighted by Gasteiger charge is -2.18. The van der Waals surface area contributed by atoms with E-state index >= 15 is 0 Å². The van der Waals surface area contributed by atoms with Crippen LogP contribution in [0.4, 0.5) is 0 Å². The summed E-state index contributed by atoms with van der Waals surface area (Å²) in [7, 11) is 0. The van der Waals surface area contributed by atoms with E-state index < -0.39 is 0 Å². The molecule has 0 saturated carbocycles. The summed E-state index contributed by atoms with van der Waals surface area (Å²) < 4.78 is 0. The summed E-state index contributed by atoms with van der Waals surface area (Å²) in [6.07, 6.45) is 0. The summed E-state index contributed by atoms with van der Waals surface area (Å²) >= 11 is 1.73. The number of H-pyrrole nitrogens is 1.